The summed E-state index contributed by atoms with van der Waals surface area (Å²) in [6.45, 7) is 0.512. The molecular formula is C17H14ClN3O. The summed E-state index contributed by atoms with van der Waals surface area (Å²) in [5, 5.41) is 3.76. The van der Waals surface area contributed by atoms with Gasteiger partial charge in [0, 0.05) is 29.6 Å². The van der Waals surface area contributed by atoms with Gasteiger partial charge in [-0.25, -0.2) is 4.98 Å². The van der Waals surface area contributed by atoms with Gasteiger partial charge in [0.05, 0.1) is 0 Å². The summed E-state index contributed by atoms with van der Waals surface area (Å²) in [4.78, 5) is 16.6. The zero-order chi connectivity index (χ0) is 15.4. The van der Waals surface area contributed by atoms with Crippen molar-refractivity contribution in [3.63, 3.8) is 0 Å². The largest absolute Gasteiger partial charge is 0.361 e. The lowest BCUT2D eigenvalue weighted by atomic mass is 10.2. The second-order valence-corrected chi connectivity index (χ2v) is 5.20. The molecule has 0 aliphatic rings. The smallest absolute Gasteiger partial charge is 0.297 e. The third kappa shape index (κ3) is 3.18. The van der Waals surface area contributed by atoms with E-state index in [-0.39, 0.29) is 5.56 Å². The van der Waals surface area contributed by atoms with Crippen LogP contribution >= 0.6 is 11.6 Å². The fourth-order valence-electron chi connectivity index (χ4n) is 2.11. The van der Waals surface area contributed by atoms with Gasteiger partial charge < -0.3 is 5.32 Å². The van der Waals surface area contributed by atoms with E-state index in [1.807, 2.05) is 54.6 Å². The number of nitrogens with one attached hydrogen (secondary N) is 1. The van der Waals surface area contributed by atoms with E-state index < -0.39 is 0 Å². The maximum Gasteiger partial charge on any atom is 0.297 e. The molecule has 1 N–H and O–H groups in total. The van der Waals surface area contributed by atoms with E-state index >= 15 is 0 Å². The van der Waals surface area contributed by atoms with Crippen molar-refractivity contribution in [1.29, 1.82) is 0 Å². The van der Waals surface area contributed by atoms with Crippen LogP contribution in [0.15, 0.2) is 71.8 Å². The first-order valence-corrected chi connectivity index (χ1v) is 7.23. The fraction of sp³-hybridized carbons (Fsp3) is 0.0588. The van der Waals surface area contributed by atoms with Crippen molar-refractivity contribution in [2.75, 3.05) is 5.32 Å². The van der Waals surface area contributed by atoms with Crippen LogP contribution in [0.4, 0.5) is 5.82 Å². The lowest BCUT2D eigenvalue weighted by Crippen LogP contribution is -2.22. The Hall–Kier alpha value is -2.59. The maximum atomic E-state index is 12.5. The van der Waals surface area contributed by atoms with Crippen molar-refractivity contribution in [1.82, 2.24) is 9.55 Å². The van der Waals surface area contributed by atoms with Gasteiger partial charge in [0.15, 0.2) is 5.82 Å². The number of hydrogen-bond donors (Lipinski definition) is 1. The van der Waals surface area contributed by atoms with E-state index in [2.05, 4.69) is 10.3 Å². The van der Waals surface area contributed by atoms with Crippen LogP contribution in [0, 0.1) is 0 Å². The fourth-order valence-corrected chi connectivity index (χ4v) is 2.24. The Balaban J connectivity index is 1.83. The Morgan fingerprint density at radius 2 is 1.77 bits per heavy atom. The molecule has 1 aromatic heterocycles. The lowest BCUT2D eigenvalue weighted by Gasteiger charge is -2.09. The average molecular weight is 312 g/mol. The van der Waals surface area contributed by atoms with Gasteiger partial charge >= 0.3 is 0 Å². The van der Waals surface area contributed by atoms with Crippen molar-refractivity contribution in [3.8, 4) is 5.69 Å². The molecule has 110 valence electrons. The zero-order valence-electron chi connectivity index (χ0n) is 11.7. The number of halogens is 1. The monoisotopic (exact) mass is 311 g/mol. The van der Waals surface area contributed by atoms with Crippen LogP contribution in [0.3, 0.4) is 0 Å². The highest BCUT2D eigenvalue weighted by Gasteiger charge is 2.05. The third-order valence-corrected chi connectivity index (χ3v) is 3.50. The highest BCUT2D eigenvalue weighted by molar-refractivity contribution is 6.30. The number of para-hydroxylation sites is 1. The molecule has 0 saturated heterocycles. The second-order valence-electron chi connectivity index (χ2n) is 4.77. The minimum atomic E-state index is -0.178. The molecule has 0 amide bonds. The van der Waals surface area contributed by atoms with Gasteiger partial charge in [-0.1, -0.05) is 41.9 Å². The van der Waals surface area contributed by atoms with Gasteiger partial charge in [0.1, 0.15) is 0 Å². The summed E-state index contributed by atoms with van der Waals surface area (Å²) in [7, 11) is 0. The molecule has 5 heteroatoms. The van der Waals surface area contributed by atoms with E-state index in [1.54, 1.807) is 17.0 Å². The first kappa shape index (κ1) is 14.4. The summed E-state index contributed by atoms with van der Waals surface area (Å²) in [5.74, 6) is 0.321. The molecular weight excluding hydrogens is 298 g/mol. The van der Waals surface area contributed by atoms with Gasteiger partial charge in [0.2, 0.25) is 0 Å². The van der Waals surface area contributed by atoms with E-state index in [9.17, 15) is 4.79 Å². The highest BCUT2D eigenvalue weighted by Crippen LogP contribution is 2.10. The first-order valence-electron chi connectivity index (χ1n) is 6.85. The van der Waals surface area contributed by atoms with E-state index in [0.717, 1.165) is 11.3 Å². The molecule has 4 nitrogen and oxygen atoms in total. The van der Waals surface area contributed by atoms with Crippen molar-refractivity contribution in [2.45, 2.75) is 6.54 Å². The lowest BCUT2D eigenvalue weighted by molar-refractivity contribution is 0.944. The molecule has 0 bridgehead atoms. The summed E-state index contributed by atoms with van der Waals surface area (Å²) in [6, 6.07) is 16.9. The summed E-state index contributed by atoms with van der Waals surface area (Å²) in [6.07, 6.45) is 3.27. The van der Waals surface area contributed by atoms with Crippen LogP contribution < -0.4 is 10.9 Å². The van der Waals surface area contributed by atoms with E-state index in [1.165, 1.54) is 0 Å². The Morgan fingerprint density at radius 1 is 1.05 bits per heavy atom. The van der Waals surface area contributed by atoms with Crippen LogP contribution in [0.5, 0.6) is 0 Å². The van der Waals surface area contributed by atoms with Crippen LogP contribution in [0.25, 0.3) is 5.69 Å². The number of nitrogens with zero attached hydrogens (tertiary/aromatic N) is 2. The minimum Gasteiger partial charge on any atom is -0.361 e. The van der Waals surface area contributed by atoms with Crippen LogP contribution in [-0.2, 0) is 6.54 Å². The molecule has 0 aliphatic carbocycles. The Bertz CT molecular complexity index is 813. The molecule has 0 atom stereocenters. The van der Waals surface area contributed by atoms with Gasteiger partial charge in [-0.3, -0.25) is 9.36 Å². The number of aromatic nitrogens is 2. The quantitative estimate of drug-likeness (QED) is 0.802. The molecule has 0 fully saturated rings. The molecule has 3 rings (SSSR count). The van der Waals surface area contributed by atoms with Crippen molar-refractivity contribution in [2.24, 2.45) is 0 Å². The molecule has 0 unspecified atom stereocenters. The molecule has 0 radical (unpaired) electrons. The molecule has 2 aromatic carbocycles. The van der Waals surface area contributed by atoms with Crippen LogP contribution in [0.2, 0.25) is 5.02 Å². The van der Waals surface area contributed by atoms with Gasteiger partial charge in [-0.05, 0) is 29.8 Å². The predicted octanol–water partition coefficient (Wildman–Crippen LogP) is 3.50. The summed E-state index contributed by atoms with van der Waals surface area (Å²) < 4.78 is 1.57. The molecule has 0 spiro atoms. The Kier molecular flexibility index (Phi) is 4.21. The summed E-state index contributed by atoms with van der Waals surface area (Å²) in [5.41, 5.74) is 1.66. The van der Waals surface area contributed by atoms with Crippen LogP contribution in [0.1, 0.15) is 5.56 Å². The van der Waals surface area contributed by atoms with Crippen molar-refractivity contribution < 1.29 is 0 Å². The minimum absolute atomic E-state index is 0.178. The second kappa shape index (κ2) is 6.45. The Morgan fingerprint density at radius 3 is 2.50 bits per heavy atom. The molecule has 0 saturated carbocycles. The SMILES string of the molecule is O=c1c(NCc2ccc(Cl)cc2)nccn1-c1ccccc1. The van der Waals surface area contributed by atoms with Crippen LogP contribution in [-0.4, -0.2) is 9.55 Å². The normalized spacial score (nSPS) is 10.4. The zero-order valence-corrected chi connectivity index (χ0v) is 12.5. The van der Waals surface area contributed by atoms with Crippen molar-refractivity contribution >= 4 is 17.4 Å². The predicted molar refractivity (Wildman–Crippen MR) is 88.6 cm³/mol. The van der Waals surface area contributed by atoms with Crippen molar-refractivity contribution in [3.05, 3.63) is 87.9 Å². The average Bonchev–Trinajstić information content (AvgIpc) is 2.56. The first-order chi connectivity index (χ1) is 10.7. The maximum absolute atomic E-state index is 12.5. The van der Waals surface area contributed by atoms with E-state index in [4.69, 9.17) is 11.6 Å². The van der Waals surface area contributed by atoms with Gasteiger partial charge in [0.25, 0.3) is 5.56 Å². The topological polar surface area (TPSA) is 46.9 Å². The van der Waals surface area contributed by atoms with E-state index in [0.29, 0.717) is 17.4 Å². The molecule has 22 heavy (non-hydrogen) atoms. The molecule has 1 heterocycles. The number of benzene rings is 2. The molecule has 3 aromatic rings. The number of anilines is 1. The number of rotatable bonds is 4. The third-order valence-electron chi connectivity index (χ3n) is 3.25. The van der Waals surface area contributed by atoms with Gasteiger partial charge in [-0.15, -0.1) is 0 Å². The summed E-state index contributed by atoms with van der Waals surface area (Å²) >= 11 is 5.86. The molecule has 0 aliphatic heterocycles. The standard InChI is InChI=1S/C17H14ClN3O/c18-14-8-6-13(7-9-14)12-20-16-17(22)21(11-10-19-16)15-4-2-1-3-5-15/h1-11H,12H2,(H,19,20). The number of hydrogen-bond acceptors (Lipinski definition) is 3. The van der Waals surface area contributed by atoms with Gasteiger partial charge in [-0.2, -0.15) is 0 Å². The highest BCUT2D eigenvalue weighted by atomic mass is 35.5. The Labute approximate surface area is 133 Å².